The minimum atomic E-state index is -0.105. The molecule has 2 aromatic rings. The lowest BCUT2D eigenvalue weighted by atomic mass is 10.2. The van der Waals surface area contributed by atoms with Gasteiger partial charge in [0.25, 0.3) is 5.82 Å². The summed E-state index contributed by atoms with van der Waals surface area (Å²) in [6.45, 7) is 1.84. The van der Waals surface area contributed by atoms with E-state index in [-0.39, 0.29) is 5.76 Å². The van der Waals surface area contributed by atoms with Crippen LogP contribution in [0, 0.1) is 6.92 Å². The predicted molar refractivity (Wildman–Crippen MR) is 64.2 cm³/mol. The van der Waals surface area contributed by atoms with Gasteiger partial charge in [-0.15, -0.1) is 4.68 Å². The summed E-state index contributed by atoms with van der Waals surface area (Å²) in [5.41, 5.74) is 0.616. The zero-order chi connectivity index (χ0) is 12.4. The van der Waals surface area contributed by atoms with Gasteiger partial charge in [-0.25, -0.2) is 0 Å². The Balaban J connectivity index is 2.34. The van der Waals surface area contributed by atoms with E-state index in [1.165, 1.54) is 10.9 Å². The molecular weight excluding hydrogens is 284 g/mol. The van der Waals surface area contributed by atoms with Gasteiger partial charge in [0.2, 0.25) is 0 Å². The molecular formula is C11H11BrN4O. The molecule has 1 heterocycles. The van der Waals surface area contributed by atoms with Crippen LogP contribution in [0.25, 0.3) is 12.0 Å². The van der Waals surface area contributed by atoms with Crippen LogP contribution in [-0.4, -0.2) is 15.1 Å². The number of aryl methyl sites for hydroxylation is 1. The molecule has 0 N–H and O–H groups in total. The number of benzene rings is 1. The van der Waals surface area contributed by atoms with Gasteiger partial charge in [0.15, 0.2) is 5.21 Å². The molecule has 0 bridgehead atoms. The largest absolute Gasteiger partial charge is 0.870 e. The highest BCUT2D eigenvalue weighted by atomic mass is 79.9. The Morgan fingerprint density at radius 1 is 1.41 bits per heavy atom. The predicted octanol–water partition coefficient (Wildman–Crippen LogP) is 0.489. The summed E-state index contributed by atoms with van der Waals surface area (Å²) in [7, 11) is 1.77. The molecule has 0 atom stereocenters. The number of rotatable bonds is 2. The maximum Gasteiger partial charge on any atom is 0.258 e. The van der Waals surface area contributed by atoms with E-state index in [9.17, 15) is 5.11 Å². The van der Waals surface area contributed by atoms with Crippen molar-refractivity contribution in [2.45, 2.75) is 6.92 Å². The molecule has 0 spiro atoms. The summed E-state index contributed by atoms with van der Waals surface area (Å²) in [5.74, 6) is 0.682. The Bertz CT molecular complexity index is 559. The Hall–Kier alpha value is -1.69. The van der Waals surface area contributed by atoms with Gasteiger partial charge < -0.3 is 5.11 Å². The summed E-state index contributed by atoms with van der Waals surface area (Å²) in [5, 5.41) is 19.6. The van der Waals surface area contributed by atoms with Crippen molar-refractivity contribution >= 4 is 27.9 Å². The second-order valence-corrected chi connectivity index (χ2v) is 4.51. The van der Waals surface area contributed by atoms with E-state index < -0.39 is 0 Å². The van der Waals surface area contributed by atoms with Crippen LogP contribution in [0.5, 0.6) is 0 Å². The second-order valence-electron chi connectivity index (χ2n) is 3.59. The summed E-state index contributed by atoms with van der Waals surface area (Å²) in [6.07, 6.45) is 1.42. The smallest absolute Gasteiger partial charge is 0.258 e. The maximum atomic E-state index is 11.9. The topological polar surface area (TPSA) is 57.6 Å². The molecule has 1 aromatic carbocycles. The molecule has 0 aliphatic carbocycles. The lowest BCUT2D eigenvalue weighted by Gasteiger charge is -2.09. The number of hydrogen-bond donors (Lipinski definition) is 0. The van der Waals surface area contributed by atoms with Crippen LogP contribution in [-0.2, 0) is 7.05 Å². The average molecular weight is 295 g/mol. The Morgan fingerprint density at radius 2 is 2.06 bits per heavy atom. The summed E-state index contributed by atoms with van der Waals surface area (Å²) in [6, 6.07) is 7.18. The normalized spacial score (nSPS) is 11.8. The molecule has 2 rings (SSSR count). The van der Waals surface area contributed by atoms with Crippen molar-refractivity contribution < 1.29 is 9.79 Å². The lowest BCUT2D eigenvalue weighted by Crippen LogP contribution is -2.33. The first-order valence-electron chi connectivity index (χ1n) is 5.01. The quantitative estimate of drug-likeness (QED) is 0.598. The van der Waals surface area contributed by atoms with Crippen molar-refractivity contribution in [1.82, 2.24) is 15.1 Å². The number of aromatic nitrogens is 4. The van der Waals surface area contributed by atoms with E-state index in [1.54, 1.807) is 23.9 Å². The van der Waals surface area contributed by atoms with E-state index >= 15 is 0 Å². The zero-order valence-corrected chi connectivity index (χ0v) is 11.0. The highest BCUT2D eigenvalue weighted by molar-refractivity contribution is 9.10. The van der Waals surface area contributed by atoms with E-state index in [2.05, 4.69) is 26.4 Å². The van der Waals surface area contributed by atoms with Crippen molar-refractivity contribution in [3.05, 3.63) is 40.1 Å². The molecule has 88 valence electrons. The summed E-state index contributed by atoms with van der Waals surface area (Å²) >= 11 is 3.32. The lowest BCUT2D eigenvalue weighted by molar-refractivity contribution is -0.737. The Kier molecular flexibility index (Phi) is 3.23. The van der Waals surface area contributed by atoms with Crippen molar-refractivity contribution in [3.8, 4) is 0 Å². The van der Waals surface area contributed by atoms with E-state index in [0.717, 1.165) is 10.3 Å². The molecule has 6 heteroatoms. The highest BCUT2D eigenvalue weighted by Crippen LogP contribution is 2.14. The average Bonchev–Trinajstić information content (AvgIpc) is 2.62. The van der Waals surface area contributed by atoms with Crippen LogP contribution in [0.1, 0.15) is 11.4 Å². The third-order valence-corrected chi connectivity index (χ3v) is 2.97. The molecule has 0 amide bonds. The van der Waals surface area contributed by atoms with Crippen molar-refractivity contribution in [2.75, 3.05) is 0 Å². The van der Waals surface area contributed by atoms with Crippen LogP contribution in [0.15, 0.2) is 28.7 Å². The molecule has 0 saturated heterocycles. The van der Waals surface area contributed by atoms with E-state index in [0.29, 0.717) is 5.56 Å². The Labute approximate surface area is 107 Å². The van der Waals surface area contributed by atoms with Gasteiger partial charge in [0.05, 0.1) is 7.05 Å². The van der Waals surface area contributed by atoms with Gasteiger partial charge in [-0.2, -0.15) is 0 Å². The maximum absolute atomic E-state index is 11.9. The number of hydrogen-bond acceptors (Lipinski definition) is 3. The van der Waals surface area contributed by atoms with Crippen LogP contribution < -0.4 is 9.79 Å². The van der Waals surface area contributed by atoms with Gasteiger partial charge in [-0.05, 0) is 17.7 Å². The van der Waals surface area contributed by atoms with Crippen LogP contribution in [0.2, 0.25) is 0 Å². The molecule has 0 saturated carbocycles. The van der Waals surface area contributed by atoms with Crippen molar-refractivity contribution in [3.63, 3.8) is 0 Å². The standard InChI is InChI=1S/C11H11BrN4O/c1-8-15(2)13-14-16(8)7-11(17)9-3-5-10(12)6-4-9/h3-7H,1-2H3/b11-7-. The summed E-state index contributed by atoms with van der Waals surface area (Å²) < 4.78 is 4.01. The highest BCUT2D eigenvalue weighted by Gasteiger charge is 2.09. The molecule has 0 aliphatic heterocycles. The molecule has 17 heavy (non-hydrogen) atoms. The zero-order valence-electron chi connectivity index (χ0n) is 9.46. The van der Waals surface area contributed by atoms with Crippen LogP contribution >= 0.6 is 15.9 Å². The second kappa shape index (κ2) is 4.67. The molecule has 5 nitrogen and oxygen atoms in total. The van der Waals surface area contributed by atoms with Gasteiger partial charge >= 0.3 is 0 Å². The van der Waals surface area contributed by atoms with Crippen molar-refractivity contribution in [2.24, 2.45) is 7.05 Å². The fraction of sp³-hybridized carbons (Fsp3) is 0.182. The molecule has 0 fully saturated rings. The van der Waals surface area contributed by atoms with Gasteiger partial charge in [-0.3, -0.25) is 0 Å². The SMILES string of the molecule is Cc1n(/C=C(\[O-])c2ccc(Br)cc2)nn[n+]1C. The summed E-state index contributed by atoms with van der Waals surface area (Å²) in [4.78, 5) is 0. The molecule has 0 aliphatic rings. The molecule has 0 unspecified atom stereocenters. The minimum Gasteiger partial charge on any atom is -0.870 e. The third kappa shape index (κ3) is 2.52. The van der Waals surface area contributed by atoms with Crippen LogP contribution in [0.4, 0.5) is 0 Å². The minimum absolute atomic E-state index is 0.105. The fourth-order valence-electron chi connectivity index (χ4n) is 1.30. The van der Waals surface area contributed by atoms with Gasteiger partial charge in [0.1, 0.15) is 11.4 Å². The molecule has 0 radical (unpaired) electrons. The van der Waals surface area contributed by atoms with Gasteiger partial charge in [-0.1, -0.05) is 38.5 Å². The first kappa shape index (κ1) is 11.8. The number of tetrazole rings is 1. The Morgan fingerprint density at radius 3 is 2.59 bits per heavy atom. The first-order valence-corrected chi connectivity index (χ1v) is 5.80. The molecule has 1 aromatic heterocycles. The third-order valence-electron chi connectivity index (χ3n) is 2.44. The monoisotopic (exact) mass is 294 g/mol. The van der Waals surface area contributed by atoms with E-state index in [1.807, 2.05) is 19.1 Å². The van der Waals surface area contributed by atoms with Gasteiger partial charge in [0, 0.05) is 11.4 Å². The van der Waals surface area contributed by atoms with Crippen molar-refractivity contribution in [1.29, 1.82) is 0 Å². The number of halogens is 1. The van der Waals surface area contributed by atoms with Crippen LogP contribution in [0.3, 0.4) is 0 Å². The first-order chi connectivity index (χ1) is 8.08. The number of nitrogens with zero attached hydrogens (tertiary/aromatic N) is 4. The van der Waals surface area contributed by atoms with E-state index in [4.69, 9.17) is 0 Å². The fourth-order valence-corrected chi connectivity index (χ4v) is 1.56.